The van der Waals surface area contributed by atoms with Gasteiger partial charge in [0.05, 0.1) is 24.1 Å². The normalized spacial score (nSPS) is 12.1. The molecule has 0 saturated heterocycles. The van der Waals surface area contributed by atoms with Crippen LogP contribution in [-0.4, -0.2) is 32.4 Å². The molecule has 0 bridgehead atoms. The summed E-state index contributed by atoms with van der Waals surface area (Å²) in [5, 5.41) is 23.1. The maximum absolute atomic E-state index is 12.8. The van der Waals surface area contributed by atoms with E-state index < -0.39 is 12.7 Å². The third kappa shape index (κ3) is 3.17. The number of anilines is 1. The Morgan fingerprint density at radius 2 is 2.00 bits per heavy atom. The molecule has 3 aromatic rings. The van der Waals surface area contributed by atoms with Gasteiger partial charge in [0.1, 0.15) is 11.9 Å². The minimum Gasteiger partial charge on any atom is -0.393 e. The Balaban J connectivity index is 1.98. The molecule has 0 aliphatic carbocycles. The quantitative estimate of drug-likeness (QED) is 0.618. The third-order valence-electron chi connectivity index (χ3n) is 4.10. The Labute approximate surface area is 145 Å². The van der Waals surface area contributed by atoms with E-state index in [0.717, 1.165) is 11.3 Å². The summed E-state index contributed by atoms with van der Waals surface area (Å²) in [5.41, 5.74) is 9.09. The fourth-order valence-electron chi connectivity index (χ4n) is 2.67. The van der Waals surface area contributed by atoms with Gasteiger partial charge in [0.15, 0.2) is 5.78 Å². The van der Waals surface area contributed by atoms with Crippen molar-refractivity contribution in [3.63, 3.8) is 0 Å². The van der Waals surface area contributed by atoms with E-state index in [1.165, 1.54) is 10.9 Å². The number of nitrogens with two attached hydrogens (primary N) is 1. The van der Waals surface area contributed by atoms with Crippen LogP contribution >= 0.6 is 0 Å². The van der Waals surface area contributed by atoms with Crippen molar-refractivity contribution in [2.24, 2.45) is 0 Å². The summed E-state index contributed by atoms with van der Waals surface area (Å²) in [6.07, 6.45) is 0.416. The zero-order valence-corrected chi connectivity index (χ0v) is 13.8. The number of aliphatic hydroxyl groups is 2. The summed E-state index contributed by atoms with van der Waals surface area (Å²) in [4.78, 5) is 12.8. The summed E-state index contributed by atoms with van der Waals surface area (Å²) in [7, 11) is 0. The van der Waals surface area contributed by atoms with Crippen LogP contribution in [-0.2, 0) is 0 Å². The van der Waals surface area contributed by atoms with E-state index in [9.17, 15) is 9.90 Å². The maximum Gasteiger partial charge on any atom is 0.198 e. The van der Waals surface area contributed by atoms with Crippen LogP contribution in [0.4, 0.5) is 5.82 Å². The number of carbonyl (C=O) groups excluding carboxylic acids is 1. The van der Waals surface area contributed by atoms with E-state index >= 15 is 0 Å². The number of carbonyl (C=O) groups is 1. The number of hydrogen-bond acceptors (Lipinski definition) is 5. The van der Waals surface area contributed by atoms with E-state index in [0.29, 0.717) is 16.7 Å². The van der Waals surface area contributed by atoms with Gasteiger partial charge in [-0.1, -0.05) is 36.4 Å². The van der Waals surface area contributed by atoms with E-state index in [2.05, 4.69) is 5.10 Å². The average Bonchev–Trinajstić information content (AvgIpc) is 3.02. The van der Waals surface area contributed by atoms with Crippen molar-refractivity contribution in [3.8, 4) is 5.69 Å². The minimum absolute atomic E-state index is 0.257. The molecule has 0 aliphatic rings. The molecule has 1 heterocycles. The molecule has 25 heavy (non-hydrogen) atoms. The third-order valence-corrected chi connectivity index (χ3v) is 4.10. The molecule has 3 rings (SSSR count). The topological polar surface area (TPSA) is 101 Å². The highest BCUT2D eigenvalue weighted by molar-refractivity contribution is 6.11. The lowest BCUT2D eigenvalue weighted by Gasteiger charge is -2.10. The highest BCUT2D eigenvalue weighted by atomic mass is 16.3. The van der Waals surface area contributed by atoms with Crippen LogP contribution in [0.2, 0.25) is 0 Å². The summed E-state index contributed by atoms with van der Waals surface area (Å²) < 4.78 is 1.54. The second-order valence-electron chi connectivity index (χ2n) is 5.79. The molecule has 6 heteroatoms. The van der Waals surface area contributed by atoms with Crippen LogP contribution in [0.3, 0.4) is 0 Å². The lowest BCUT2D eigenvalue weighted by molar-refractivity contribution is 0.0952. The second kappa shape index (κ2) is 6.88. The molecule has 2 aromatic carbocycles. The van der Waals surface area contributed by atoms with Crippen molar-refractivity contribution in [1.29, 1.82) is 0 Å². The van der Waals surface area contributed by atoms with Crippen LogP contribution < -0.4 is 5.73 Å². The van der Waals surface area contributed by atoms with Gasteiger partial charge in [-0.3, -0.25) is 4.79 Å². The zero-order valence-electron chi connectivity index (χ0n) is 13.8. The molecule has 1 unspecified atom stereocenters. The summed E-state index contributed by atoms with van der Waals surface area (Å²) >= 11 is 0. The van der Waals surface area contributed by atoms with Crippen LogP contribution in [0.15, 0.2) is 54.7 Å². The summed E-state index contributed by atoms with van der Waals surface area (Å²) in [6.45, 7) is 1.53. The molecule has 6 nitrogen and oxygen atoms in total. The molecule has 0 spiro atoms. The van der Waals surface area contributed by atoms with E-state index in [1.54, 1.807) is 24.3 Å². The predicted molar refractivity (Wildman–Crippen MR) is 94.6 cm³/mol. The van der Waals surface area contributed by atoms with Crippen molar-refractivity contribution in [2.45, 2.75) is 13.0 Å². The first-order valence-corrected chi connectivity index (χ1v) is 7.86. The SMILES string of the molecule is Cc1ccccc1-n1ncc(C(=O)c2cccc(C(O)CO)c2)c1N. The van der Waals surface area contributed by atoms with Crippen molar-refractivity contribution in [3.05, 3.63) is 77.0 Å². The van der Waals surface area contributed by atoms with Crippen LogP contribution in [0.1, 0.15) is 33.2 Å². The molecule has 0 amide bonds. The van der Waals surface area contributed by atoms with Crippen molar-refractivity contribution >= 4 is 11.6 Å². The van der Waals surface area contributed by atoms with Gasteiger partial charge >= 0.3 is 0 Å². The van der Waals surface area contributed by atoms with Gasteiger partial charge in [0.2, 0.25) is 0 Å². The number of hydrogen-bond donors (Lipinski definition) is 3. The van der Waals surface area contributed by atoms with Crippen LogP contribution in [0.5, 0.6) is 0 Å². The largest absolute Gasteiger partial charge is 0.393 e. The van der Waals surface area contributed by atoms with Gasteiger partial charge in [-0.2, -0.15) is 5.10 Å². The van der Waals surface area contributed by atoms with E-state index in [-0.39, 0.29) is 11.6 Å². The number of aryl methyl sites for hydroxylation is 1. The van der Waals surface area contributed by atoms with Crippen LogP contribution in [0, 0.1) is 6.92 Å². The van der Waals surface area contributed by atoms with E-state index in [4.69, 9.17) is 10.8 Å². The molecule has 0 saturated carbocycles. The van der Waals surface area contributed by atoms with Gasteiger partial charge in [-0.05, 0) is 30.2 Å². The minimum atomic E-state index is -1.03. The fraction of sp³-hybridized carbons (Fsp3) is 0.158. The molecule has 1 aromatic heterocycles. The molecule has 4 N–H and O–H groups in total. The van der Waals surface area contributed by atoms with Crippen molar-refractivity contribution < 1.29 is 15.0 Å². The number of para-hydroxylation sites is 1. The van der Waals surface area contributed by atoms with E-state index in [1.807, 2.05) is 31.2 Å². The Morgan fingerprint density at radius 3 is 2.72 bits per heavy atom. The van der Waals surface area contributed by atoms with Gasteiger partial charge in [-0.15, -0.1) is 0 Å². The molecular weight excluding hydrogens is 318 g/mol. The first kappa shape index (κ1) is 16.9. The molecule has 1 atom stereocenters. The maximum atomic E-state index is 12.8. The predicted octanol–water partition coefficient (Wildman–Crippen LogP) is 2.02. The number of aromatic nitrogens is 2. The average molecular weight is 337 g/mol. The first-order valence-electron chi connectivity index (χ1n) is 7.86. The van der Waals surface area contributed by atoms with Gasteiger partial charge < -0.3 is 15.9 Å². The number of rotatable bonds is 5. The van der Waals surface area contributed by atoms with Crippen molar-refractivity contribution in [1.82, 2.24) is 9.78 Å². The second-order valence-corrected chi connectivity index (χ2v) is 5.79. The Kier molecular flexibility index (Phi) is 4.65. The lowest BCUT2D eigenvalue weighted by atomic mass is 10.0. The summed E-state index contributed by atoms with van der Waals surface area (Å²) in [5.74, 6) is -0.0308. The molecule has 128 valence electrons. The van der Waals surface area contributed by atoms with Gasteiger partial charge in [0.25, 0.3) is 0 Å². The zero-order chi connectivity index (χ0) is 18.0. The highest BCUT2D eigenvalue weighted by Gasteiger charge is 2.19. The Hall–Kier alpha value is -2.96. The smallest absolute Gasteiger partial charge is 0.198 e. The van der Waals surface area contributed by atoms with Crippen LogP contribution in [0.25, 0.3) is 5.69 Å². The number of aliphatic hydroxyl groups excluding tert-OH is 2. The standard InChI is InChI=1S/C19H19N3O3/c1-12-5-2-3-8-16(12)22-19(20)15(10-21-22)18(25)14-7-4-6-13(9-14)17(24)11-23/h2-10,17,23-24H,11,20H2,1H3. The molecule has 0 radical (unpaired) electrons. The Bertz CT molecular complexity index is 918. The lowest BCUT2D eigenvalue weighted by Crippen LogP contribution is -2.09. The molecule has 0 aliphatic heterocycles. The highest BCUT2D eigenvalue weighted by Crippen LogP contribution is 2.23. The van der Waals surface area contributed by atoms with Gasteiger partial charge in [-0.25, -0.2) is 4.68 Å². The number of ketones is 1. The fourth-order valence-corrected chi connectivity index (χ4v) is 2.67. The first-order chi connectivity index (χ1) is 12.0. The summed E-state index contributed by atoms with van der Waals surface area (Å²) in [6, 6.07) is 14.1. The number of nitrogens with zero attached hydrogens (tertiary/aromatic N) is 2. The van der Waals surface area contributed by atoms with Crippen molar-refractivity contribution in [2.75, 3.05) is 12.3 Å². The van der Waals surface area contributed by atoms with Gasteiger partial charge in [0, 0.05) is 5.56 Å². The molecular formula is C19H19N3O3. The molecule has 0 fully saturated rings. The monoisotopic (exact) mass is 337 g/mol. The number of nitrogen functional groups attached to an aromatic ring is 1. The number of benzene rings is 2. The Morgan fingerprint density at radius 1 is 1.24 bits per heavy atom.